The predicted molar refractivity (Wildman–Crippen MR) is 77.9 cm³/mol. The van der Waals surface area contributed by atoms with Crippen LogP contribution in [-0.4, -0.2) is 5.54 Å². The molecule has 1 fully saturated rings. The van der Waals surface area contributed by atoms with Crippen LogP contribution < -0.4 is 11.5 Å². The summed E-state index contributed by atoms with van der Waals surface area (Å²) in [4.78, 5) is 0. The van der Waals surface area contributed by atoms with Gasteiger partial charge in [0.15, 0.2) is 0 Å². The third-order valence-electron chi connectivity index (χ3n) is 5.15. The summed E-state index contributed by atoms with van der Waals surface area (Å²) in [6.07, 6.45) is 14.1. The van der Waals surface area contributed by atoms with Crippen LogP contribution in [0.3, 0.4) is 0 Å². The van der Waals surface area contributed by atoms with E-state index in [-0.39, 0.29) is 5.54 Å². The molecule has 2 heteroatoms. The van der Waals surface area contributed by atoms with Gasteiger partial charge in [0.1, 0.15) is 0 Å². The average Bonchev–Trinajstić information content (AvgIpc) is 2.71. The number of allylic oxidation sites excluding steroid dienone is 2. The summed E-state index contributed by atoms with van der Waals surface area (Å²) in [5.41, 5.74) is 13.6. The quantitative estimate of drug-likeness (QED) is 0.748. The minimum Gasteiger partial charge on any atom is -0.402 e. The Bertz CT molecular complexity index is 347. The molecule has 2 unspecified atom stereocenters. The second kappa shape index (κ2) is 5.08. The number of nitrogens with two attached hydrogens (primary N) is 2. The fourth-order valence-electron chi connectivity index (χ4n) is 3.84. The zero-order valence-corrected chi connectivity index (χ0v) is 11.8. The molecule has 2 rings (SSSR count). The largest absolute Gasteiger partial charge is 0.402 e. The minimum absolute atomic E-state index is 0.0651. The van der Waals surface area contributed by atoms with Crippen LogP contribution in [0.15, 0.2) is 24.4 Å². The van der Waals surface area contributed by atoms with Crippen molar-refractivity contribution in [3.63, 3.8) is 0 Å². The first kappa shape index (κ1) is 13.7. The standard InChI is InChI=1S/C16H28N2/c1-13(17)14-7-6-8-15(14,2)11-12-16(18)9-4-3-5-10-16/h4,9,14H,1,3,5-8,10-12,17-18H2,2H3/t14?,15-,16?/m1/s1. The van der Waals surface area contributed by atoms with Gasteiger partial charge in [0.25, 0.3) is 0 Å². The lowest BCUT2D eigenvalue weighted by molar-refractivity contribution is 0.210. The molecule has 3 atom stereocenters. The van der Waals surface area contributed by atoms with Crippen LogP contribution in [0.1, 0.15) is 58.3 Å². The maximum absolute atomic E-state index is 6.48. The van der Waals surface area contributed by atoms with Crippen molar-refractivity contribution in [3.8, 4) is 0 Å². The van der Waals surface area contributed by atoms with Gasteiger partial charge in [-0.1, -0.05) is 32.1 Å². The minimum atomic E-state index is -0.0651. The first-order valence-corrected chi connectivity index (χ1v) is 7.36. The molecular formula is C16H28N2. The van der Waals surface area contributed by atoms with E-state index in [9.17, 15) is 0 Å². The average molecular weight is 248 g/mol. The summed E-state index contributed by atoms with van der Waals surface area (Å²) in [6, 6.07) is 0. The summed E-state index contributed by atoms with van der Waals surface area (Å²) in [7, 11) is 0. The molecule has 4 N–H and O–H groups in total. The Kier molecular flexibility index (Phi) is 3.86. The molecule has 0 amide bonds. The first-order chi connectivity index (χ1) is 8.45. The normalized spacial score (nSPS) is 40.0. The van der Waals surface area contributed by atoms with Crippen molar-refractivity contribution in [1.29, 1.82) is 0 Å². The highest BCUT2D eigenvalue weighted by Gasteiger charge is 2.40. The molecule has 0 aliphatic heterocycles. The maximum Gasteiger partial charge on any atom is 0.0339 e. The lowest BCUT2D eigenvalue weighted by Crippen LogP contribution is -2.40. The highest BCUT2D eigenvalue weighted by atomic mass is 14.7. The smallest absolute Gasteiger partial charge is 0.0339 e. The molecule has 1 saturated carbocycles. The maximum atomic E-state index is 6.48. The van der Waals surface area contributed by atoms with E-state index < -0.39 is 0 Å². The molecule has 0 heterocycles. The van der Waals surface area contributed by atoms with Crippen molar-refractivity contribution in [2.24, 2.45) is 22.8 Å². The van der Waals surface area contributed by atoms with Crippen molar-refractivity contribution in [2.75, 3.05) is 0 Å². The molecule has 0 aromatic carbocycles. The fourth-order valence-corrected chi connectivity index (χ4v) is 3.84. The Morgan fingerprint density at radius 3 is 2.72 bits per heavy atom. The van der Waals surface area contributed by atoms with Gasteiger partial charge in [0.05, 0.1) is 0 Å². The SMILES string of the molecule is C=C(N)C1CCC[C@]1(C)CCC1(N)C=CCCC1. The number of rotatable bonds is 4. The molecule has 0 radical (unpaired) electrons. The summed E-state index contributed by atoms with van der Waals surface area (Å²) in [6.45, 7) is 6.35. The predicted octanol–water partition coefficient (Wildman–Crippen LogP) is 3.48. The summed E-state index contributed by atoms with van der Waals surface area (Å²) < 4.78 is 0. The highest BCUT2D eigenvalue weighted by Crippen LogP contribution is 2.49. The second-order valence-corrected chi connectivity index (χ2v) is 6.70. The van der Waals surface area contributed by atoms with Crippen LogP contribution in [0, 0.1) is 11.3 Å². The molecular weight excluding hydrogens is 220 g/mol. The lowest BCUT2D eigenvalue weighted by atomic mass is 9.71. The Morgan fingerprint density at radius 1 is 1.33 bits per heavy atom. The molecule has 0 saturated heterocycles. The Morgan fingerprint density at radius 2 is 2.11 bits per heavy atom. The lowest BCUT2D eigenvalue weighted by Gasteiger charge is -2.36. The molecule has 0 aromatic rings. The highest BCUT2D eigenvalue weighted by molar-refractivity contribution is 5.11. The zero-order valence-electron chi connectivity index (χ0n) is 11.8. The van der Waals surface area contributed by atoms with Gasteiger partial charge in [-0.05, 0) is 50.4 Å². The van der Waals surface area contributed by atoms with E-state index in [2.05, 4.69) is 25.7 Å². The summed E-state index contributed by atoms with van der Waals surface area (Å²) in [5, 5.41) is 0. The van der Waals surface area contributed by atoms with Crippen LogP contribution in [0.2, 0.25) is 0 Å². The van der Waals surface area contributed by atoms with Gasteiger partial charge in [0.2, 0.25) is 0 Å². The Labute approximate surface area is 112 Å². The summed E-state index contributed by atoms with van der Waals surface area (Å²) in [5.74, 6) is 0.494. The van der Waals surface area contributed by atoms with Crippen LogP contribution in [0.5, 0.6) is 0 Å². The van der Waals surface area contributed by atoms with Crippen molar-refractivity contribution in [3.05, 3.63) is 24.4 Å². The third kappa shape index (κ3) is 2.80. The van der Waals surface area contributed by atoms with E-state index >= 15 is 0 Å². The monoisotopic (exact) mass is 248 g/mol. The van der Waals surface area contributed by atoms with Gasteiger partial charge in [-0.3, -0.25) is 0 Å². The van der Waals surface area contributed by atoms with Gasteiger partial charge >= 0.3 is 0 Å². The van der Waals surface area contributed by atoms with Crippen LogP contribution in [0.25, 0.3) is 0 Å². The van der Waals surface area contributed by atoms with Crippen molar-refractivity contribution in [2.45, 2.75) is 63.8 Å². The molecule has 18 heavy (non-hydrogen) atoms. The molecule has 0 spiro atoms. The van der Waals surface area contributed by atoms with E-state index in [1.165, 1.54) is 38.5 Å². The van der Waals surface area contributed by atoms with E-state index in [1.807, 2.05) is 0 Å². The first-order valence-electron chi connectivity index (χ1n) is 7.36. The van der Waals surface area contributed by atoms with Crippen LogP contribution in [-0.2, 0) is 0 Å². The van der Waals surface area contributed by atoms with Gasteiger partial charge in [-0.2, -0.15) is 0 Å². The number of hydrogen-bond donors (Lipinski definition) is 2. The van der Waals surface area contributed by atoms with E-state index in [0.29, 0.717) is 11.3 Å². The Balaban J connectivity index is 1.98. The van der Waals surface area contributed by atoms with Crippen LogP contribution in [0.4, 0.5) is 0 Å². The molecule has 0 aromatic heterocycles. The zero-order chi connectivity index (χ0) is 13.2. The molecule has 0 bridgehead atoms. The van der Waals surface area contributed by atoms with Gasteiger partial charge in [0, 0.05) is 17.2 Å². The van der Waals surface area contributed by atoms with Crippen LogP contribution >= 0.6 is 0 Å². The number of hydrogen-bond acceptors (Lipinski definition) is 2. The Hall–Kier alpha value is -0.760. The van der Waals surface area contributed by atoms with Gasteiger partial charge in [-0.15, -0.1) is 0 Å². The van der Waals surface area contributed by atoms with E-state index in [1.54, 1.807) is 0 Å². The topological polar surface area (TPSA) is 52.0 Å². The molecule has 2 aliphatic carbocycles. The second-order valence-electron chi connectivity index (χ2n) is 6.70. The van der Waals surface area contributed by atoms with Crippen molar-refractivity contribution >= 4 is 0 Å². The molecule has 2 nitrogen and oxygen atoms in total. The van der Waals surface area contributed by atoms with E-state index in [4.69, 9.17) is 11.5 Å². The van der Waals surface area contributed by atoms with E-state index in [0.717, 1.165) is 18.5 Å². The fraction of sp³-hybridized carbons (Fsp3) is 0.750. The molecule has 2 aliphatic rings. The summed E-state index contributed by atoms with van der Waals surface area (Å²) >= 11 is 0. The molecule has 102 valence electrons. The van der Waals surface area contributed by atoms with Crippen molar-refractivity contribution in [1.82, 2.24) is 0 Å². The van der Waals surface area contributed by atoms with Gasteiger partial charge in [-0.25, -0.2) is 0 Å². The van der Waals surface area contributed by atoms with Crippen molar-refractivity contribution < 1.29 is 0 Å². The third-order valence-corrected chi connectivity index (χ3v) is 5.15. The van der Waals surface area contributed by atoms with Gasteiger partial charge < -0.3 is 11.5 Å².